The van der Waals surface area contributed by atoms with Gasteiger partial charge in [0.15, 0.2) is 0 Å². The lowest BCUT2D eigenvalue weighted by molar-refractivity contribution is -0.109. The second-order valence-electron chi connectivity index (χ2n) is 7.89. The molecule has 0 radical (unpaired) electrons. The predicted octanol–water partition coefficient (Wildman–Crippen LogP) is 3.98. The van der Waals surface area contributed by atoms with Gasteiger partial charge in [-0.15, -0.1) is 0 Å². The summed E-state index contributed by atoms with van der Waals surface area (Å²) in [7, 11) is 0. The van der Waals surface area contributed by atoms with Crippen molar-refractivity contribution >= 4 is 23.0 Å². The summed E-state index contributed by atoms with van der Waals surface area (Å²) in [6.45, 7) is 8.23. The van der Waals surface area contributed by atoms with Gasteiger partial charge in [-0.1, -0.05) is 30.3 Å². The van der Waals surface area contributed by atoms with Gasteiger partial charge in [-0.05, 0) is 43.0 Å². The molecule has 4 nitrogen and oxygen atoms in total. The molecule has 27 heavy (non-hydrogen) atoms. The Morgan fingerprint density at radius 2 is 2.04 bits per heavy atom. The molecule has 1 aromatic heterocycles. The van der Waals surface area contributed by atoms with E-state index >= 15 is 0 Å². The average Bonchev–Trinajstić information content (AvgIpc) is 2.84. The van der Waals surface area contributed by atoms with Crippen LogP contribution in [0.5, 0.6) is 0 Å². The Balaban J connectivity index is 1.76. The van der Waals surface area contributed by atoms with Gasteiger partial charge < -0.3 is 14.8 Å². The fourth-order valence-electron chi connectivity index (χ4n) is 5.07. The van der Waals surface area contributed by atoms with Crippen LogP contribution in [0.3, 0.4) is 0 Å². The van der Waals surface area contributed by atoms with Crippen LogP contribution >= 0.6 is 0 Å². The van der Waals surface area contributed by atoms with E-state index in [1.165, 1.54) is 44.5 Å². The van der Waals surface area contributed by atoms with Crippen molar-refractivity contribution in [1.82, 2.24) is 9.88 Å². The van der Waals surface area contributed by atoms with Crippen molar-refractivity contribution < 1.29 is 4.79 Å². The Hall–Kier alpha value is -2.75. The van der Waals surface area contributed by atoms with Crippen LogP contribution in [0.25, 0.3) is 22.2 Å². The number of aromatic nitrogens is 1. The van der Waals surface area contributed by atoms with Crippen molar-refractivity contribution in [1.29, 1.82) is 0 Å². The van der Waals surface area contributed by atoms with Gasteiger partial charge in [-0.2, -0.15) is 0 Å². The van der Waals surface area contributed by atoms with E-state index in [1.807, 2.05) is 0 Å². The van der Waals surface area contributed by atoms with Crippen molar-refractivity contribution in [2.24, 2.45) is 0 Å². The third kappa shape index (κ3) is 2.39. The number of nitrogens with one attached hydrogen (secondary N) is 1. The fraction of sp³-hybridized carbons (Fsp3) is 0.348. The van der Waals surface area contributed by atoms with Crippen LogP contribution in [-0.4, -0.2) is 30.6 Å². The smallest absolute Gasteiger partial charge is 0.207 e. The topological polar surface area (TPSA) is 37.3 Å². The zero-order valence-electron chi connectivity index (χ0n) is 16.0. The number of nitrogens with zero attached hydrogens (tertiary/aromatic N) is 2. The van der Waals surface area contributed by atoms with E-state index in [0.29, 0.717) is 5.92 Å². The highest BCUT2D eigenvalue weighted by atomic mass is 16.1. The summed E-state index contributed by atoms with van der Waals surface area (Å²) in [5, 5.41) is 4.26. The monoisotopic (exact) mass is 359 g/mol. The van der Waals surface area contributed by atoms with Crippen LogP contribution in [0.1, 0.15) is 29.0 Å². The van der Waals surface area contributed by atoms with E-state index in [0.717, 1.165) is 39.0 Å². The van der Waals surface area contributed by atoms with Crippen LogP contribution < -0.4 is 10.2 Å². The number of hydrogen-bond acceptors (Lipinski definition) is 2. The maximum absolute atomic E-state index is 10.8. The molecular weight excluding hydrogens is 334 g/mol. The Bertz CT molecular complexity index is 1050. The summed E-state index contributed by atoms with van der Waals surface area (Å²) in [5.41, 5.74) is 9.48. The third-order valence-electron chi connectivity index (χ3n) is 6.34. The molecule has 4 heteroatoms. The van der Waals surface area contributed by atoms with Gasteiger partial charge >= 0.3 is 0 Å². The van der Waals surface area contributed by atoms with Crippen LogP contribution in [0.4, 0.5) is 5.69 Å². The van der Waals surface area contributed by atoms with E-state index < -0.39 is 0 Å². The molecule has 0 saturated carbocycles. The summed E-state index contributed by atoms with van der Waals surface area (Å²) in [4.78, 5) is 13.4. The lowest BCUT2D eigenvalue weighted by Crippen LogP contribution is -2.35. The number of amides is 1. The first-order valence-electron chi connectivity index (χ1n) is 9.83. The Morgan fingerprint density at radius 3 is 2.89 bits per heavy atom. The maximum Gasteiger partial charge on any atom is 0.207 e. The van der Waals surface area contributed by atoms with Crippen LogP contribution in [0, 0.1) is 13.8 Å². The lowest BCUT2D eigenvalue weighted by atomic mass is 9.87. The molecule has 0 bridgehead atoms. The number of rotatable bonds is 3. The molecule has 3 aromatic rings. The minimum absolute atomic E-state index is 0.389. The highest BCUT2D eigenvalue weighted by Gasteiger charge is 2.31. The van der Waals surface area contributed by atoms with Gasteiger partial charge in [-0.25, -0.2) is 0 Å². The second kappa shape index (κ2) is 6.15. The number of benzene rings is 2. The molecule has 1 N–H and O–H groups in total. The van der Waals surface area contributed by atoms with E-state index in [1.54, 1.807) is 0 Å². The molecule has 5 rings (SSSR count). The number of aryl methyl sites for hydroxylation is 2. The zero-order valence-corrected chi connectivity index (χ0v) is 16.0. The van der Waals surface area contributed by atoms with Crippen LogP contribution in [0.2, 0.25) is 0 Å². The average molecular weight is 359 g/mol. The molecule has 0 saturated heterocycles. The Morgan fingerprint density at radius 1 is 1.15 bits per heavy atom. The lowest BCUT2D eigenvalue weighted by Gasteiger charge is -2.36. The molecule has 2 aromatic carbocycles. The summed E-state index contributed by atoms with van der Waals surface area (Å²) in [6.07, 6.45) is 1.91. The van der Waals surface area contributed by atoms with E-state index in [9.17, 15) is 4.79 Å². The minimum atomic E-state index is 0.389. The quantitative estimate of drug-likeness (QED) is 0.718. The largest absolute Gasteiger partial charge is 0.369 e. The number of hydrogen-bond donors (Lipinski definition) is 1. The van der Waals surface area contributed by atoms with Crippen molar-refractivity contribution in [3.63, 3.8) is 0 Å². The molecule has 0 aliphatic carbocycles. The summed E-state index contributed by atoms with van der Waals surface area (Å²) < 4.78 is 2.52. The molecule has 2 aliphatic rings. The predicted molar refractivity (Wildman–Crippen MR) is 110 cm³/mol. The van der Waals surface area contributed by atoms with Gasteiger partial charge in [0.2, 0.25) is 6.41 Å². The first-order valence-corrected chi connectivity index (χ1v) is 9.83. The first kappa shape index (κ1) is 16.4. The summed E-state index contributed by atoms with van der Waals surface area (Å²) in [6, 6.07) is 13.5. The fourth-order valence-corrected chi connectivity index (χ4v) is 5.07. The van der Waals surface area contributed by atoms with Crippen molar-refractivity contribution in [2.45, 2.75) is 32.7 Å². The molecule has 138 valence electrons. The van der Waals surface area contributed by atoms with E-state index in [4.69, 9.17) is 0 Å². The summed E-state index contributed by atoms with van der Waals surface area (Å²) >= 11 is 0. The highest BCUT2D eigenvalue weighted by molar-refractivity contribution is 5.95. The number of para-hydroxylation sites is 1. The maximum atomic E-state index is 10.8. The van der Waals surface area contributed by atoms with Crippen molar-refractivity contribution in [3.8, 4) is 11.3 Å². The van der Waals surface area contributed by atoms with Gasteiger partial charge in [0, 0.05) is 54.3 Å². The molecule has 2 aliphatic heterocycles. The van der Waals surface area contributed by atoms with Gasteiger partial charge in [0.05, 0.1) is 5.69 Å². The van der Waals surface area contributed by atoms with Crippen LogP contribution in [-0.2, 0) is 11.3 Å². The normalized spacial score (nSPS) is 18.0. The molecule has 1 unspecified atom stereocenters. The molecular formula is C23H25N3O. The van der Waals surface area contributed by atoms with Crippen molar-refractivity contribution in [3.05, 3.63) is 53.1 Å². The van der Waals surface area contributed by atoms with Crippen molar-refractivity contribution in [2.75, 3.05) is 24.5 Å². The molecule has 1 amide bonds. The second-order valence-corrected chi connectivity index (χ2v) is 7.89. The third-order valence-corrected chi connectivity index (χ3v) is 6.34. The Kier molecular flexibility index (Phi) is 3.74. The molecule has 0 spiro atoms. The number of carbonyl (C=O) groups is 1. The standard InChI is InChI=1S/C23H25N3O/c1-15-6-7-18-16(2)22-20-5-3-4-19-17(13-24-14-27)8-9-25(23(19)20)10-11-26(22)21(18)12-15/h3-7,12,14,17H,8-11,13H2,1-2H3,(H,24,27). The molecule has 0 fully saturated rings. The first-order chi connectivity index (χ1) is 13.2. The van der Waals surface area contributed by atoms with E-state index in [-0.39, 0.29) is 0 Å². The SMILES string of the molecule is Cc1ccc2c(C)c3n(c2c1)CCN1CCC(CNC=O)c2cccc-3c21. The van der Waals surface area contributed by atoms with Gasteiger partial charge in [0.25, 0.3) is 0 Å². The highest BCUT2D eigenvalue weighted by Crippen LogP contribution is 2.46. The zero-order chi connectivity index (χ0) is 18.5. The molecule has 3 heterocycles. The number of carbonyl (C=O) groups excluding carboxylic acids is 1. The number of anilines is 1. The van der Waals surface area contributed by atoms with Gasteiger partial charge in [-0.3, -0.25) is 4.79 Å². The summed E-state index contributed by atoms with van der Waals surface area (Å²) in [5.74, 6) is 0.389. The van der Waals surface area contributed by atoms with Gasteiger partial charge in [0.1, 0.15) is 0 Å². The Labute approximate surface area is 159 Å². The molecule has 1 atom stereocenters. The van der Waals surface area contributed by atoms with Crippen LogP contribution in [0.15, 0.2) is 36.4 Å². The van der Waals surface area contributed by atoms with E-state index in [2.05, 4.69) is 65.0 Å². The number of fused-ring (bicyclic) bond motifs is 4. The minimum Gasteiger partial charge on any atom is -0.369 e.